The predicted molar refractivity (Wildman–Crippen MR) is 111 cm³/mol. The van der Waals surface area contributed by atoms with Gasteiger partial charge in [-0.05, 0) is 59.4 Å². The van der Waals surface area contributed by atoms with Crippen molar-refractivity contribution >= 4 is 10.8 Å². The van der Waals surface area contributed by atoms with Gasteiger partial charge in [0.25, 0.3) is 0 Å². The fourth-order valence-corrected chi connectivity index (χ4v) is 4.43. The van der Waals surface area contributed by atoms with E-state index in [0.29, 0.717) is 0 Å². The van der Waals surface area contributed by atoms with Crippen LogP contribution in [0.5, 0.6) is 0 Å². The Bertz CT molecular complexity index is 646. The summed E-state index contributed by atoms with van der Waals surface area (Å²) in [5.74, 6) is 1.73. The summed E-state index contributed by atoms with van der Waals surface area (Å²) in [6.45, 7) is 4.69. The number of fused-ring (bicyclic) bond motifs is 1. The van der Waals surface area contributed by atoms with Crippen LogP contribution in [0.25, 0.3) is 10.8 Å². The van der Waals surface area contributed by atoms with Crippen molar-refractivity contribution in [2.75, 3.05) is 0 Å². The number of benzene rings is 2. The Balaban J connectivity index is 1.57. The van der Waals surface area contributed by atoms with Crippen molar-refractivity contribution in [2.24, 2.45) is 5.92 Å². The first-order valence-corrected chi connectivity index (χ1v) is 10.8. The highest BCUT2D eigenvalue weighted by Crippen LogP contribution is 2.36. The molecule has 1 fully saturated rings. The van der Waals surface area contributed by atoms with Crippen LogP contribution in [0.3, 0.4) is 0 Å². The first-order valence-electron chi connectivity index (χ1n) is 10.8. The molecule has 0 unspecified atom stereocenters. The Morgan fingerprint density at radius 2 is 1.44 bits per heavy atom. The van der Waals surface area contributed by atoms with Gasteiger partial charge in [-0.3, -0.25) is 0 Å². The largest absolute Gasteiger partial charge is 0.0654 e. The fourth-order valence-electron chi connectivity index (χ4n) is 4.43. The monoisotopic (exact) mass is 336 g/mol. The molecule has 0 aromatic heterocycles. The number of hydrogen-bond acceptors (Lipinski definition) is 0. The highest BCUT2D eigenvalue weighted by molar-refractivity contribution is 5.84. The van der Waals surface area contributed by atoms with Crippen LogP contribution in [0.2, 0.25) is 0 Å². The molecule has 0 aliphatic heterocycles. The van der Waals surface area contributed by atoms with E-state index in [1.54, 1.807) is 5.56 Å². The van der Waals surface area contributed by atoms with E-state index in [4.69, 9.17) is 0 Å². The predicted octanol–water partition coefficient (Wildman–Crippen LogP) is 8.04. The number of hydrogen-bond donors (Lipinski definition) is 0. The summed E-state index contributed by atoms with van der Waals surface area (Å²) in [6.07, 6.45) is 15.1. The lowest BCUT2D eigenvalue weighted by Gasteiger charge is -2.26. The molecule has 0 radical (unpaired) electrons. The van der Waals surface area contributed by atoms with Crippen molar-refractivity contribution in [3.8, 4) is 0 Å². The van der Waals surface area contributed by atoms with Gasteiger partial charge in [0, 0.05) is 0 Å². The van der Waals surface area contributed by atoms with Crippen molar-refractivity contribution in [3.63, 3.8) is 0 Å². The third-order valence-corrected chi connectivity index (χ3v) is 6.23. The molecule has 3 rings (SSSR count). The van der Waals surface area contributed by atoms with Crippen LogP contribution in [-0.4, -0.2) is 0 Å². The summed E-state index contributed by atoms with van der Waals surface area (Å²) >= 11 is 0. The van der Waals surface area contributed by atoms with Gasteiger partial charge in [-0.15, -0.1) is 0 Å². The lowest BCUT2D eigenvalue weighted by atomic mass is 9.79. The van der Waals surface area contributed by atoms with E-state index in [1.807, 2.05) is 0 Å². The van der Waals surface area contributed by atoms with Crippen LogP contribution >= 0.6 is 0 Å². The summed E-state index contributed by atoms with van der Waals surface area (Å²) < 4.78 is 0. The smallest absolute Gasteiger partial charge is 0.0162 e. The van der Waals surface area contributed by atoms with Crippen LogP contribution in [0.4, 0.5) is 0 Å². The van der Waals surface area contributed by atoms with Gasteiger partial charge in [0.05, 0.1) is 0 Å². The molecule has 136 valence electrons. The fraction of sp³-hybridized carbons (Fsp3) is 0.600. The van der Waals surface area contributed by atoms with Crippen molar-refractivity contribution in [1.29, 1.82) is 0 Å². The minimum atomic E-state index is 0.795. The van der Waals surface area contributed by atoms with E-state index < -0.39 is 0 Å². The highest BCUT2D eigenvalue weighted by Gasteiger charge is 2.19. The molecule has 25 heavy (non-hydrogen) atoms. The zero-order valence-electron chi connectivity index (χ0n) is 16.4. The van der Waals surface area contributed by atoms with Crippen LogP contribution < -0.4 is 0 Å². The maximum Gasteiger partial charge on any atom is -0.0162 e. The van der Waals surface area contributed by atoms with E-state index in [1.165, 1.54) is 87.0 Å². The molecule has 0 atom stereocenters. The van der Waals surface area contributed by atoms with Gasteiger partial charge in [0.2, 0.25) is 0 Å². The zero-order chi connectivity index (χ0) is 17.5. The van der Waals surface area contributed by atoms with Crippen molar-refractivity contribution < 1.29 is 0 Å². The Labute approximate surface area is 155 Å². The van der Waals surface area contributed by atoms with Gasteiger partial charge in [-0.25, -0.2) is 0 Å². The van der Waals surface area contributed by atoms with E-state index in [2.05, 4.69) is 50.2 Å². The maximum atomic E-state index is 2.46. The summed E-state index contributed by atoms with van der Waals surface area (Å²) in [5.41, 5.74) is 3.09. The molecular formula is C25H36. The summed E-state index contributed by atoms with van der Waals surface area (Å²) in [4.78, 5) is 0. The summed E-state index contributed by atoms with van der Waals surface area (Å²) in [7, 11) is 0. The second-order valence-electron chi connectivity index (χ2n) is 8.42. The molecule has 1 saturated carbocycles. The molecule has 1 aliphatic carbocycles. The molecule has 0 saturated heterocycles. The first kappa shape index (κ1) is 18.5. The topological polar surface area (TPSA) is 0 Å². The minimum absolute atomic E-state index is 0.795. The normalized spacial score (nSPS) is 20.9. The van der Waals surface area contributed by atoms with Crippen molar-refractivity contribution in [3.05, 3.63) is 47.5 Å². The molecule has 0 amide bonds. The van der Waals surface area contributed by atoms with Gasteiger partial charge >= 0.3 is 0 Å². The van der Waals surface area contributed by atoms with Crippen LogP contribution in [0, 0.1) is 5.92 Å². The average Bonchev–Trinajstić information content (AvgIpc) is 2.65. The van der Waals surface area contributed by atoms with Gasteiger partial charge in [0.1, 0.15) is 0 Å². The second kappa shape index (κ2) is 9.41. The second-order valence-corrected chi connectivity index (χ2v) is 8.42. The quantitative estimate of drug-likeness (QED) is 0.428. The molecule has 0 spiro atoms. The van der Waals surface area contributed by atoms with Gasteiger partial charge in [0.15, 0.2) is 0 Å². The lowest BCUT2D eigenvalue weighted by Crippen LogP contribution is -2.10. The number of rotatable bonds is 8. The number of aryl methyl sites for hydroxylation is 1. The summed E-state index contributed by atoms with van der Waals surface area (Å²) in [5, 5.41) is 2.86. The Morgan fingerprint density at radius 3 is 2.24 bits per heavy atom. The van der Waals surface area contributed by atoms with Crippen LogP contribution in [0.1, 0.15) is 95.1 Å². The maximum absolute atomic E-state index is 2.46. The Morgan fingerprint density at radius 1 is 0.760 bits per heavy atom. The molecule has 0 bridgehead atoms. The molecule has 0 heterocycles. The average molecular weight is 337 g/mol. The van der Waals surface area contributed by atoms with Gasteiger partial charge in [-0.1, -0.05) is 95.2 Å². The van der Waals surface area contributed by atoms with E-state index >= 15 is 0 Å². The third-order valence-electron chi connectivity index (χ3n) is 6.23. The van der Waals surface area contributed by atoms with Crippen LogP contribution in [-0.2, 0) is 6.42 Å². The molecule has 1 aliphatic rings. The van der Waals surface area contributed by atoms with E-state index in [-0.39, 0.29) is 0 Å². The van der Waals surface area contributed by atoms with Gasteiger partial charge < -0.3 is 0 Å². The van der Waals surface area contributed by atoms with Crippen molar-refractivity contribution in [2.45, 2.75) is 90.4 Å². The number of unbranched alkanes of at least 4 members (excludes halogenated alkanes) is 5. The molecule has 0 N–H and O–H groups in total. The van der Waals surface area contributed by atoms with E-state index in [0.717, 1.165) is 11.8 Å². The van der Waals surface area contributed by atoms with Gasteiger partial charge in [-0.2, -0.15) is 0 Å². The molecule has 0 nitrogen and oxygen atoms in total. The Hall–Kier alpha value is -1.30. The summed E-state index contributed by atoms with van der Waals surface area (Å²) in [6, 6.07) is 14.4. The van der Waals surface area contributed by atoms with Crippen molar-refractivity contribution in [1.82, 2.24) is 0 Å². The van der Waals surface area contributed by atoms with Crippen LogP contribution in [0.15, 0.2) is 36.4 Å². The first-order chi connectivity index (χ1) is 12.3. The Kier molecular flexibility index (Phi) is 6.96. The lowest BCUT2D eigenvalue weighted by molar-refractivity contribution is 0.348. The molecule has 2 aromatic rings. The van der Waals surface area contributed by atoms with E-state index in [9.17, 15) is 0 Å². The molecular weight excluding hydrogens is 300 g/mol. The zero-order valence-corrected chi connectivity index (χ0v) is 16.4. The third kappa shape index (κ3) is 5.33. The minimum Gasteiger partial charge on any atom is -0.0654 e. The highest BCUT2D eigenvalue weighted by atomic mass is 14.2. The molecule has 0 heteroatoms. The SMILES string of the molecule is CCCCCCCCc1ccc2cc(C3CCC(C)CC3)ccc2c1. The molecule has 2 aromatic carbocycles. The standard InChI is InChI=1S/C25H36/c1-3-4-5-6-7-8-9-21-12-15-25-19-24(17-16-23(25)18-21)22-13-10-20(2)11-14-22/h12,15-20,22H,3-11,13-14H2,1-2H3.